The van der Waals surface area contributed by atoms with E-state index in [0.717, 1.165) is 4.68 Å². The molecule has 1 fully saturated rings. The van der Waals surface area contributed by atoms with Crippen molar-refractivity contribution in [1.82, 2.24) is 19.7 Å². The van der Waals surface area contributed by atoms with Crippen LogP contribution in [0.5, 0.6) is 0 Å². The summed E-state index contributed by atoms with van der Waals surface area (Å²) in [5.74, 6) is -2.00. The topological polar surface area (TPSA) is 74.8 Å². The van der Waals surface area contributed by atoms with Gasteiger partial charge in [0, 0.05) is 13.1 Å². The summed E-state index contributed by atoms with van der Waals surface area (Å²) < 4.78 is 39.1. The van der Waals surface area contributed by atoms with Gasteiger partial charge in [-0.1, -0.05) is 0 Å². The van der Waals surface area contributed by atoms with Crippen LogP contribution in [0.15, 0.2) is 6.33 Å². The maximum Gasteiger partial charge on any atom is 0.393 e. The normalized spacial score (nSPS) is 19.7. The Morgan fingerprint density at radius 1 is 1.55 bits per heavy atom. The summed E-state index contributed by atoms with van der Waals surface area (Å²) in [5, 5.41) is 12.3. The van der Waals surface area contributed by atoms with E-state index >= 15 is 0 Å². The lowest BCUT2D eigenvalue weighted by molar-refractivity contribution is -0.188. The number of carbonyl (C=O) groups excluding carboxylic acids is 1. The number of halogens is 3. The van der Waals surface area contributed by atoms with Crippen LogP contribution in [0, 0.1) is 17.2 Å². The summed E-state index contributed by atoms with van der Waals surface area (Å²) >= 11 is 0. The van der Waals surface area contributed by atoms with Crippen LogP contribution < -0.4 is 0 Å². The summed E-state index contributed by atoms with van der Waals surface area (Å²) in [5.41, 5.74) is 0. The molecule has 1 aliphatic heterocycles. The fraction of sp³-hybridized carbons (Fsp3) is 0.636. The molecule has 1 atom stereocenters. The molecule has 0 spiro atoms. The Balaban J connectivity index is 1.97. The molecule has 0 aliphatic carbocycles. The highest BCUT2D eigenvalue weighted by Crippen LogP contribution is 2.33. The van der Waals surface area contributed by atoms with Gasteiger partial charge >= 0.3 is 6.18 Å². The molecule has 1 saturated heterocycles. The number of likely N-dealkylation sites (tertiary alicyclic amines) is 1. The van der Waals surface area contributed by atoms with Crippen molar-refractivity contribution < 1.29 is 18.0 Å². The van der Waals surface area contributed by atoms with Crippen molar-refractivity contribution in [3.05, 3.63) is 12.2 Å². The molecule has 1 unspecified atom stereocenters. The van der Waals surface area contributed by atoms with Gasteiger partial charge in [0.2, 0.25) is 5.91 Å². The number of carbonyl (C=O) groups is 1. The Morgan fingerprint density at radius 2 is 2.30 bits per heavy atom. The van der Waals surface area contributed by atoms with Crippen molar-refractivity contribution in [3.63, 3.8) is 0 Å². The largest absolute Gasteiger partial charge is 0.393 e. The maximum atomic E-state index is 12.7. The number of piperidine rings is 1. The zero-order valence-corrected chi connectivity index (χ0v) is 10.5. The lowest BCUT2D eigenvalue weighted by Gasteiger charge is -2.33. The van der Waals surface area contributed by atoms with E-state index in [4.69, 9.17) is 5.26 Å². The summed E-state index contributed by atoms with van der Waals surface area (Å²) in [7, 11) is 0. The number of hydrogen-bond donors (Lipinski definition) is 0. The lowest BCUT2D eigenvalue weighted by Crippen LogP contribution is -2.45. The van der Waals surface area contributed by atoms with Gasteiger partial charge in [-0.3, -0.25) is 4.79 Å². The highest BCUT2D eigenvalue weighted by molar-refractivity contribution is 5.76. The van der Waals surface area contributed by atoms with E-state index < -0.39 is 18.0 Å². The first-order valence-electron chi connectivity index (χ1n) is 6.04. The molecule has 108 valence electrons. The Hall–Kier alpha value is -2.11. The molecule has 2 heterocycles. The Morgan fingerprint density at radius 3 is 2.90 bits per heavy atom. The number of hydrogen-bond acceptors (Lipinski definition) is 4. The maximum absolute atomic E-state index is 12.7. The first-order valence-corrected chi connectivity index (χ1v) is 6.04. The van der Waals surface area contributed by atoms with Gasteiger partial charge < -0.3 is 4.90 Å². The third kappa shape index (κ3) is 3.26. The van der Waals surface area contributed by atoms with Gasteiger partial charge in [-0.25, -0.2) is 9.67 Å². The first kappa shape index (κ1) is 14.3. The Labute approximate surface area is 112 Å². The molecular formula is C11H12F3N5O. The number of nitriles is 1. The predicted octanol–water partition coefficient (Wildman–Crippen LogP) is 0.951. The van der Waals surface area contributed by atoms with Crippen LogP contribution in [0.3, 0.4) is 0 Å². The van der Waals surface area contributed by atoms with E-state index in [1.807, 2.05) is 0 Å². The zero-order valence-electron chi connectivity index (χ0n) is 10.5. The third-order valence-corrected chi connectivity index (χ3v) is 3.17. The van der Waals surface area contributed by atoms with Crippen molar-refractivity contribution in [3.8, 4) is 6.07 Å². The van der Waals surface area contributed by atoms with Crippen LogP contribution in [0.25, 0.3) is 0 Å². The zero-order chi connectivity index (χ0) is 14.8. The molecule has 0 bridgehead atoms. The monoisotopic (exact) mass is 287 g/mol. The van der Waals surface area contributed by atoms with Crippen LogP contribution >= 0.6 is 0 Å². The molecular weight excluding hydrogens is 275 g/mol. The second-order valence-electron chi connectivity index (χ2n) is 4.60. The molecule has 0 aromatic carbocycles. The van der Waals surface area contributed by atoms with Crippen LogP contribution in [-0.2, 0) is 11.3 Å². The third-order valence-electron chi connectivity index (χ3n) is 3.17. The van der Waals surface area contributed by atoms with Crippen LogP contribution in [0.1, 0.15) is 18.7 Å². The molecule has 6 nitrogen and oxygen atoms in total. The number of rotatable bonds is 2. The minimum Gasteiger partial charge on any atom is -0.340 e. The Kier molecular flexibility index (Phi) is 3.92. The van der Waals surface area contributed by atoms with Gasteiger partial charge in [-0.15, -0.1) is 5.10 Å². The minimum atomic E-state index is -4.28. The fourth-order valence-corrected chi connectivity index (χ4v) is 2.13. The molecule has 9 heteroatoms. The first-order chi connectivity index (χ1) is 9.40. The molecule has 0 radical (unpaired) electrons. The molecule has 2 rings (SSSR count). The lowest BCUT2D eigenvalue weighted by atomic mass is 9.97. The molecule has 1 aliphatic rings. The number of alkyl halides is 3. The minimum absolute atomic E-state index is 0.0508. The Bertz CT molecular complexity index is 533. The second-order valence-corrected chi connectivity index (χ2v) is 4.60. The summed E-state index contributed by atoms with van der Waals surface area (Å²) in [6.07, 6.45) is -2.69. The van der Waals surface area contributed by atoms with Gasteiger partial charge in [0.25, 0.3) is 5.82 Å². The van der Waals surface area contributed by atoms with E-state index in [9.17, 15) is 18.0 Å². The van der Waals surface area contributed by atoms with Crippen LogP contribution in [-0.4, -0.2) is 44.8 Å². The van der Waals surface area contributed by atoms with Gasteiger partial charge in [0.05, 0.1) is 5.92 Å². The van der Waals surface area contributed by atoms with Crippen LogP contribution in [0.2, 0.25) is 0 Å². The van der Waals surface area contributed by atoms with E-state index in [1.54, 1.807) is 6.07 Å². The van der Waals surface area contributed by atoms with Crippen molar-refractivity contribution in [2.75, 3.05) is 13.1 Å². The quantitative estimate of drug-likeness (QED) is 0.811. The number of aromatic nitrogens is 3. The molecule has 0 N–H and O–H groups in total. The van der Waals surface area contributed by atoms with Crippen molar-refractivity contribution in [2.24, 2.45) is 5.92 Å². The predicted molar refractivity (Wildman–Crippen MR) is 60.1 cm³/mol. The molecule has 0 saturated carbocycles. The van der Waals surface area contributed by atoms with E-state index in [1.165, 1.54) is 11.2 Å². The summed E-state index contributed by atoms with van der Waals surface area (Å²) in [6.45, 7) is -0.216. The fourth-order valence-electron chi connectivity index (χ4n) is 2.13. The second kappa shape index (κ2) is 5.48. The highest BCUT2D eigenvalue weighted by Gasteiger charge is 2.42. The van der Waals surface area contributed by atoms with Gasteiger partial charge in [0.1, 0.15) is 18.9 Å². The molecule has 1 aromatic heterocycles. The SMILES string of the molecule is N#Cc1ncn(CC(=O)N2CCCC(C(F)(F)F)C2)n1. The van der Waals surface area contributed by atoms with Gasteiger partial charge in [0.15, 0.2) is 0 Å². The van der Waals surface area contributed by atoms with Crippen LogP contribution in [0.4, 0.5) is 13.2 Å². The smallest absolute Gasteiger partial charge is 0.340 e. The highest BCUT2D eigenvalue weighted by atomic mass is 19.4. The average Bonchev–Trinajstić information content (AvgIpc) is 2.85. The van der Waals surface area contributed by atoms with Crippen molar-refractivity contribution >= 4 is 5.91 Å². The molecule has 1 aromatic rings. The average molecular weight is 287 g/mol. The van der Waals surface area contributed by atoms with E-state index in [-0.39, 0.29) is 25.3 Å². The molecule has 20 heavy (non-hydrogen) atoms. The standard InChI is InChI=1S/C11H12F3N5O/c12-11(13,14)8-2-1-3-18(5-8)10(20)6-19-7-16-9(4-15)17-19/h7-8H,1-3,5-6H2. The number of amides is 1. The van der Waals surface area contributed by atoms with Gasteiger partial charge in [-0.05, 0) is 12.8 Å². The van der Waals surface area contributed by atoms with Crippen molar-refractivity contribution in [1.29, 1.82) is 5.26 Å². The number of nitrogens with zero attached hydrogens (tertiary/aromatic N) is 5. The van der Waals surface area contributed by atoms with E-state index in [2.05, 4.69) is 10.1 Å². The van der Waals surface area contributed by atoms with Gasteiger partial charge in [-0.2, -0.15) is 18.4 Å². The van der Waals surface area contributed by atoms with E-state index in [0.29, 0.717) is 13.0 Å². The molecule has 1 amide bonds. The summed E-state index contributed by atoms with van der Waals surface area (Å²) in [4.78, 5) is 16.7. The van der Waals surface area contributed by atoms with Crippen molar-refractivity contribution in [2.45, 2.75) is 25.6 Å². The summed E-state index contributed by atoms with van der Waals surface area (Å²) in [6, 6.07) is 1.71.